The molecule has 1 aromatic carbocycles. The van der Waals surface area contributed by atoms with Crippen LogP contribution in [0.3, 0.4) is 0 Å². The molecule has 0 atom stereocenters. The van der Waals surface area contributed by atoms with Crippen LogP contribution in [-0.2, 0) is 4.79 Å². The van der Waals surface area contributed by atoms with Gasteiger partial charge in [0, 0.05) is 21.8 Å². The molecule has 0 unspecified atom stereocenters. The predicted octanol–water partition coefficient (Wildman–Crippen LogP) is 3.84. The number of aryl methyl sites for hydroxylation is 1. The first-order chi connectivity index (χ1) is 8.63. The highest BCUT2D eigenvalue weighted by molar-refractivity contribution is 8.01. The molecule has 0 fully saturated rings. The van der Waals surface area contributed by atoms with Crippen LogP contribution >= 0.6 is 34.7 Å². The van der Waals surface area contributed by atoms with Crippen molar-refractivity contribution >= 4 is 46.3 Å². The van der Waals surface area contributed by atoms with Crippen molar-refractivity contribution in [2.24, 2.45) is 0 Å². The number of aromatic nitrogens is 1. The fourth-order valence-corrected chi connectivity index (χ4v) is 3.03. The van der Waals surface area contributed by atoms with Gasteiger partial charge in [-0.2, -0.15) is 0 Å². The lowest BCUT2D eigenvalue weighted by molar-refractivity contribution is -0.113. The SMILES string of the molecule is Cc1csc(SCC(=O)Nc2ccc(Cl)cc2)n1. The summed E-state index contributed by atoms with van der Waals surface area (Å²) in [5.74, 6) is 0.311. The van der Waals surface area contributed by atoms with Crippen LogP contribution in [0.15, 0.2) is 34.0 Å². The molecule has 2 aromatic rings. The average Bonchev–Trinajstić information content (AvgIpc) is 2.76. The Balaban J connectivity index is 1.83. The molecule has 0 aliphatic carbocycles. The average molecular weight is 299 g/mol. The molecule has 0 aliphatic heterocycles. The topological polar surface area (TPSA) is 42.0 Å². The Bertz CT molecular complexity index is 539. The molecule has 18 heavy (non-hydrogen) atoms. The summed E-state index contributed by atoms with van der Waals surface area (Å²) in [5, 5.41) is 5.43. The highest BCUT2D eigenvalue weighted by Crippen LogP contribution is 2.22. The normalized spacial score (nSPS) is 10.3. The Morgan fingerprint density at radius 2 is 2.17 bits per heavy atom. The van der Waals surface area contributed by atoms with E-state index in [4.69, 9.17) is 11.6 Å². The number of anilines is 1. The Morgan fingerprint density at radius 3 is 2.78 bits per heavy atom. The zero-order valence-electron chi connectivity index (χ0n) is 9.64. The number of hydrogen-bond acceptors (Lipinski definition) is 4. The Hall–Kier alpha value is -1.04. The largest absolute Gasteiger partial charge is 0.325 e. The van der Waals surface area contributed by atoms with Gasteiger partial charge in [-0.15, -0.1) is 11.3 Å². The molecule has 1 heterocycles. The van der Waals surface area contributed by atoms with Crippen LogP contribution in [0.5, 0.6) is 0 Å². The number of benzene rings is 1. The van der Waals surface area contributed by atoms with E-state index >= 15 is 0 Å². The van der Waals surface area contributed by atoms with Crippen LogP contribution in [0.2, 0.25) is 5.02 Å². The van der Waals surface area contributed by atoms with E-state index in [2.05, 4.69) is 10.3 Å². The van der Waals surface area contributed by atoms with E-state index in [0.29, 0.717) is 10.8 Å². The molecule has 0 saturated heterocycles. The fourth-order valence-electron chi connectivity index (χ4n) is 1.26. The molecule has 1 amide bonds. The minimum absolute atomic E-state index is 0.0461. The molecule has 0 spiro atoms. The number of carbonyl (C=O) groups is 1. The van der Waals surface area contributed by atoms with E-state index in [0.717, 1.165) is 15.7 Å². The number of thioether (sulfide) groups is 1. The summed E-state index contributed by atoms with van der Waals surface area (Å²) in [6.07, 6.45) is 0. The van der Waals surface area contributed by atoms with Crippen molar-refractivity contribution in [1.29, 1.82) is 0 Å². The third-order valence-corrected chi connectivity index (χ3v) is 4.44. The van der Waals surface area contributed by atoms with E-state index in [9.17, 15) is 4.79 Å². The smallest absolute Gasteiger partial charge is 0.234 e. The molecule has 94 valence electrons. The molecular formula is C12H11ClN2OS2. The minimum Gasteiger partial charge on any atom is -0.325 e. The summed E-state index contributed by atoms with van der Waals surface area (Å²) in [6, 6.07) is 7.04. The van der Waals surface area contributed by atoms with Crippen LogP contribution in [0, 0.1) is 6.92 Å². The zero-order chi connectivity index (χ0) is 13.0. The second-order valence-corrected chi connectivity index (χ2v) is 6.12. The standard InChI is InChI=1S/C12H11ClN2OS2/c1-8-6-17-12(14-8)18-7-11(16)15-10-4-2-9(13)3-5-10/h2-6H,7H2,1H3,(H,15,16). The van der Waals surface area contributed by atoms with E-state index in [1.807, 2.05) is 12.3 Å². The molecular weight excluding hydrogens is 288 g/mol. The maximum Gasteiger partial charge on any atom is 0.234 e. The Labute approximate surface area is 119 Å². The molecule has 6 heteroatoms. The van der Waals surface area contributed by atoms with Crippen LogP contribution in [0.1, 0.15) is 5.69 Å². The van der Waals surface area contributed by atoms with Crippen molar-refractivity contribution in [3.8, 4) is 0 Å². The highest BCUT2D eigenvalue weighted by Gasteiger charge is 2.05. The van der Waals surface area contributed by atoms with Gasteiger partial charge in [-0.05, 0) is 31.2 Å². The first kappa shape index (κ1) is 13.4. The number of rotatable bonds is 4. The molecule has 3 nitrogen and oxygen atoms in total. The number of amides is 1. The van der Waals surface area contributed by atoms with Gasteiger partial charge >= 0.3 is 0 Å². The minimum atomic E-state index is -0.0461. The summed E-state index contributed by atoms with van der Waals surface area (Å²) in [6.45, 7) is 1.94. The second-order valence-electron chi connectivity index (χ2n) is 3.60. The van der Waals surface area contributed by atoms with Crippen molar-refractivity contribution < 1.29 is 4.79 Å². The second kappa shape index (κ2) is 6.22. The first-order valence-electron chi connectivity index (χ1n) is 5.24. The lowest BCUT2D eigenvalue weighted by Crippen LogP contribution is -2.13. The number of nitrogens with zero attached hydrogens (tertiary/aromatic N) is 1. The highest BCUT2D eigenvalue weighted by atomic mass is 35.5. The fraction of sp³-hybridized carbons (Fsp3) is 0.167. The third kappa shape index (κ3) is 4.01. The number of nitrogens with one attached hydrogen (secondary N) is 1. The van der Waals surface area contributed by atoms with E-state index < -0.39 is 0 Å². The summed E-state index contributed by atoms with van der Waals surface area (Å²) in [5.41, 5.74) is 1.74. The molecule has 2 rings (SSSR count). The van der Waals surface area contributed by atoms with Crippen LogP contribution < -0.4 is 5.32 Å². The van der Waals surface area contributed by atoms with E-state index in [1.54, 1.807) is 35.6 Å². The van der Waals surface area contributed by atoms with Gasteiger partial charge in [-0.3, -0.25) is 4.79 Å². The lowest BCUT2D eigenvalue weighted by atomic mass is 10.3. The lowest BCUT2D eigenvalue weighted by Gasteiger charge is -2.03. The number of halogens is 1. The van der Waals surface area contributed by atoms with Gasteiger partial charge in [0.15, 0.2) is 4.34 Å². The van der Waals surface area contributed by atoms with Gasteiger partial charge in [-0.25, -0.2) is 4.98 Å². The summed E-state index contributed by atoms with van der Waals surface area (Å²) in [7, 11) is 0. The van der Waals surface area contributed by atoms with Crippen LogP contribution in [0.25, 0.3) is 0 Å². The molecule has 1 aromatic heterocycles. The van der Waals surface area contributed by atoms with Gasteiger partial charge in [0.1, 0.15) is 0 Å². The van der Waals surface area contributed by atoms with Crippen molar-refractivity contribution in [1.82, 2.24) is 4.98 Å². The Kier molecular flexibility index (Phi) is 4.63. The monoisotopic (exact) mass is 298 g/mol. The number of thiazole rings is 1. The molecule has 0 aliphatic rings. The molecule has 0 saturated carbocycles. The van der Waals surface area contributed by atoms with Gasteiger partial charge in [0.05, 0.1) is 5.75 Å². The maximum absolute atomic E-state index is 11.7. The summed E-state index contributed by atoms with van der Waals surface area (Å²) >= 11 is 8.76. The van der Waals surface area contributed by atoms with Crippen LogP contribution in [-0.4, -0.2) is 16.6 Å². The van der Waals surface area contributed by atoms with Crippen molar-refractivity contribution in [3.05, 3.63) is 40.4 Å². The number of carbonyl (C=O) groups excluding carboxylic acids is 1. The zero-order valence-corrected chi connectivity index (χ0v) is 12.0. The van der Waals surface area contributed by atoms with Crippen molar-refractivity contribution in [2.75, 3.05) is 11.1 Å². The van der Waals surface area contributed by atoms with E-state index in [1.165, 1.54) is 11.8 Å². The Morgan fingerprint density at radius 1 is 1.44 bits per heavy atom. The van der Waals surface area contributed by atoms with Gasteiger partial charge in [0.2, 0.25) is 5.91 Å². The molecule has 1 N–H and O–H groups in total. The van der Waals surface area contributed by atoms with Gasteiger partial charge in [0.25, 0.3) is 0 Å². The summed E-state index contributed by atoms with van der Waals surface area (Å²) < 4.78 is 0.916. The molecule has 0 bridgehead atoms. The van der Waals surface area contributed by atoms with Crippen LogP contribution in [0.4, 0.5) is 5.69 Å². The molecule has 0 radical (unpaired) electrons. The predicted molar refractivity (Wildman–Crippen MR) is 77.7 cm³/mol. The first-order valence-corrected chi connectivity index (χ1v) is 7.48. The third-order valence-electron chi connectivity index (χ3n) is 2.05. The van der Waals surface area contributed by atoms with E-state index in [-0.39, 0.29) is 5.91 Å². The quantitative estimate of drug-likeness (QED) is 0.872. The van der Waals surface area contributed by atoms with Gasteiger partial charge < -0.3 is 5.32 Å². The van der Waals surface area contributed by atoms with Gasteiger partial charge in [-0.1, -0.05) is 23.4 Å². The maximum atomic E-state index is 11.7. The number of hydrogen-bond donors (Lipinski definition) is 1. The van der Waals surface area contributed by atoms with Crippen molar-refractivity contribution in [3.63, 3.8) is 0 Å². The summed E-state index contributed by atoms with van der Waals surface area (Å²) in [4.78, 5) is 16.0. The van der Waals surface area contributed by atoms with Crippen molar-refractivity contribution in [2.45, 2.75) is 11.3 Å².